The van der Waals surface area contributed by atoms with Gasteiger partial charge in [0.05, 0.1) is 17.7 Å². The topological polar surface area (TPSA) is 96.0 Å². The van der Waals surface area contributed by atoms with Crippen molar-refractivity contribution in [1.82, 2.24) is 10.2 Å². The van der Waals surface area contributed by atoms with Crippen LogP contribution in [0, 0.1) is 0 Å². The molecule has 8 nitrogen and oxygen atoms in total. The van der Waals surface area contributed by atoms with Crippen molar-refractivity contribution >= 4 is 50.7 Å². The van der Waals surface area contributed by atoms with Crippen LogP contribution in [0.5, 0.6) is 5.75 Å². The number of halogens is 2. The summed E-state index contributed by atoms with van der Waals surface area (Å²) in [4.78, 5) is 28.1. The Bertz CT molecular complexity index is 1380. The highest BCUT2D eigenvalue weighted by Gasteiger charge is 2.32. The van der Waals surface area contributed by atoms with Crippen molar-refractivity contribution in [2.24, 2.45) is 0 Å². The number of hydrogen-bond acceptors (Lipinski definition) is 5. The maximum absolute atomic E-state index is 13.8. The van der Waals surface area contributed by atoms with Crippen molar-refractivity contribution in [3.05, 3.63) is 88.4 Å². The smallest absolute Gasteiger partial charge is 0.264 e. The average Bonchev–Trinajstić information content (AvgIpc) is 2.93. The van der Waals surface area contributed by atoms with E-state index in [4.69, 9.17) is 27.9 Å². The highest BCUT2D eigenvalue weighted by atomic mass is 35.5. The number of carbonyl (C=O) groups is 2. The predicted octanol–water partition coefficient (Wildman–Crippen LogP) is 5.14. The van der Waals surface area contributed by atoms with Crippen LogP contribution in [0.4, 0.5) is 5.69 Å². The normalized spacial score (nSPS) is 11.9. The van der Waals surface area contributed by atoms with Crippen molar-refractivity contribution in [3.63, 3.8) is 0 Å². The molecule has 1 atom stereocenters. The highest BCUT2D eigenvalue weighted by molar-refractivity contribution is 7.92. The van der Waals surface area contributed by atoms with Crippen LogP contribution in [0.15, 0.2) is 77.7 Å². The van der Waals surface area contributed by atoms with Gasteiger partial charge in [-0.3, -0.25) is 13.9 Å². The van der Waals surface area contributed by atoms with Crippen LogP contribution in [-0.4, -0.2) is 51.4 Å². The molecule has 11 heteroatoms. The van der Waals surface area contributed by atoms with Gasteiger partial charge in [0.15, 0.2) is 0 Å². The number of amides is 2. The van der Waals surface area contributed by atoms with Gasteiger partial charge in [0.25, 0.3) is 10.0 Å². The van der Waals surface area contributed by atoms with Gasteiger partial charge in [-0.1, -0.05) is 42.3 Å². The summed E-state index contributed by atoms with van der Waals surface area (Å²) in [6.45, 7) is 3.48. The summed E-state index contributed by atoms with van der Waals surface area (Å²) in [6.07, 6.45) is 0.727. The van der Waals surface area contributed by atoms with Crippen molar-refractivity contribution in [2.75, 3.05) is 24.5 Å². The Morgan fingerprint density at radius 2 is 1.64 bits per heavy atom. The van der Waals surface area contributed by atoms with E-state index in [9.17, 15) is 18.0 Å². The maximum atomic E-state index is 13.8. The second-order valence-corrected chi connectivity index (χ2v) is 11.5. The van der Waals surface area contributed by atoms with Gasteiger partial charge in [0.1, 0.15) is 18.3 Å². The van der Waals surface area contributed by atoms with Crippen LogP contribution in [0.2, 0.25) is 10.0 Å². The zero-order valence-electron chi connectivity index (χ0n) is 21.9. The lowest BCUT2D eigenvalue weighted by Gasteiger charge is -2.32. The summed E-state index contributed by atoms with van der Waals surface area (Å²) in [7, 11) is -2.71. The first-order valence-corrected chi connectivity index (χ1v) is 14.5. The van der Waals surface area contributed by atoms with Gasteiger partial charge < -0.3 is 15.0 Å². The largest absolute Gasteiger partial charge is 0.497 e. The molecular weight excluding hydrogens is 561 g/mol. The number of rotatable bonds is 12. The molecule has 0 aliphatic carbocycles. The van der Waals surface area contributed by atoms with Crippen LogP contribution < -0.4 is 14.4 Å². The number of sulfonamides is 1. The molecule has 2 amide bonds. The molecule has 0 spiro atoms. The van der Waals surface area contributed by atoms with E-state index in [1.54, 1.807) is 43.3 Å². The van der Waals surface area contributed by atoms with Crippen LogP contribution in [0.25, 0.3) is 0 Å². The summed E-state index contributed by atoms with van der Waals surface area (Å²) in [6, 6.07) is 18.1. The van der Waals surface area contributed by atoms with Crippen molar-refractivity contribution in [3.8, 4) is 5.75 Å². The number of ether oxygens (including phenoxy) is 1. The zero-order valence-corrected chi connectivity index (χ0v) is 24.3. The van der Waals surface area contributed by atoms with Crippen LogP contribution in [0.3, 0.4) is 0 Å². The lowest BCUT2D eigenvalue weighted by atomic mass is 10.1. The van der Waals surface area contributed by atoms with Gasteiger partial charge >= 0.3 is 0 Å². The van der Waals surface area contributed by atoms with Gasteiger partial charge in [0, 0.05) is 23.1 Å². The van der Waals surface area contributed by atoms with E-state index in [-0.39, 0.29) is 23.0 Å². The van der Waals surface area contributed by atoms with Gasteiger partial charge in [0.2, 0.25) is 11.8 Å². The fourth-order valence-electron chi connectivity index (χ4n) is 3.82. The van der Waals surface area contributed by atoms with E-state index in [0.717, 1.165) is 10.7 Å². The SMILES string of the molecule is CCCNC(=O)C(C)N(Cc1cccc(Cl)c1)C(=O)CN(c1ccc(Cl)cc1)S(=O)(=O)c1ccc(OC)cc1. The standard InChI is InChI=1S/C28H31Cl2N3O5S/c1-4-16-31-28(35)20(2)32(18-21-6-5-7-23(30)17-21)27(34)19-33(24-10-8-22(29)9-11-24)39(36,37)26-14-12-25(38-3)13-15-26/h5-15,17,20H,4,16,18-19H2,1-3H3,(H,31,35). The lowest BCUT2D eigenvalue weighted by molar-refractivity contribution is -0.139. The summed E-state index contributed by atoms with van der Waals surface area (Å²) < 4.78 is 33.8. The first kappa shape index (κ1) is 30.3. The third kappa shape index (κ3) is 7.88. The van der Waals surface area contributed by atoms with E-state index in [0.29, 0.717) is 27.9 Å². The van der Waals surface area contributed by atoms with Gasteiger partial charge in [-0.25, -0.2) is 8.42 Å². The average molecular weight is 593 g/mol. The number of methoxy groups -OCH3 is 1. The zero-order chi connectivity index (χ0) is 28.6. The third-order valence-corrected chi connectivity index (χ3v) is 8.27. The lowest BCUT2D eigenvalue weighted by Crippen LogP contribution is -2.51. The quantitative estimate of drug-likeness (QED) is 0.314. The number of hydrogen-bond donors (Lipinski definition) is 1. The predicted molar refractivity (Wildman–Crippen MR) is 154 cm³/mol. The fourth-order valence-corrected chi connectivity index (χ4v) is 5.57. The summed E-state index contributed by atoms with van der Waals surface area (Å²) >= 11 is 12.2. The van der Waals surface area contributed by atoms with E-state index >= 15 is 0 Å². The van der Waals surface area contributed by atoms with E-state index < -0.39 is 28.5 Å². The van der Waals surface area contributed by atoms with Crippen molar-refractivity contribution in [1.29, 1.82) is 0 Å². The number of carbonyl (C=O) groups excluding carboxylic acids is 2. The number of benzene rings is 3. The molecule has 0 aliphatic rings. The summed E-state index contributed by atoms with van der Waals surface area (Å²) in [5, 5.41) is 3.70. The maximum Gasteiger partial charge on any atom is 0.264 e. The molecule has 1 unspecified atom stereocenters. The third-order valence-electron chi connectivity index (χ3n) is 6.00. The molecule has 3 rings (SSSR count). The Kier molecular flexibility index (Phi) is 10.6. The fraction of sp³-hybridized carbons (Fsp3) is 0.286. The summed E-state index contributed by atoms with van der Waals surface area (Å²) in [5.74, 6) is -0.424. The number of nitrogens with zero attached hydrogens (tertiary/aromatic N) is 2. The summed E-state index contributed by atoms with van der Waals surface area (Å²) in [5.41, 5.74) is 0.941. The molecule has 0 saturated carbocycles. The molecule has 0 aliphatic heterocycles. The monoisotopic (exact) mass is 591 g/mol. The Hall–Kier alpha value is -3.27. The Morgan fingerprint density at radius 3 is 2.23 bits per heavy atom. The number of anilines is 1. The van der Waals surface area contributed by atoms with Crippen LogP contribution >= 0.6 is 23.2 Å². The van der Waals surface area contributed by atoms with Gasteiger partial charge in [-0.2, -0.15) is 0 Å². The van der Waals surface area contributed by atoms with Crippen LogP contribution in [-0.2, 0) is 26.2 Å². The van der Waals surface area contributed by atoms with E-state index in [1.165, 1.54) is 48.4 Å². The molecular formula is C28H31Cl2N3O5S. The molecule has 1 N–H and O–H groups in total. The molecule has 0 aromatic heterocycles. The highest BCUT2D eigenvalue weighted by Crippen LogP contribution is 2.27. The Balaban J connectivity index is 2.01. The molecule has 3 aromatic carbocycles. The minimum atomic E-state index is -4.19. The number of nitrogens with one attached hydrogen (secondary N) is 1. The van der Waals surface area contributed by atoms with E-state index in [1.807, 2.05) is 6.92 Å². The molecule has 0 bridgehead atoms. The molecule has 0 radical (unpaired) electrons. The molecule has 39 heavy (non-hydrogen) atoms. The molecule has 208 valence electrons. The first-order chi connectivity index (χ1) is 18.6. The first-order valence-electron chi connectivity index (χ1n) is 12.3. The minimum Gasteiger partial charge on any atom is -0.497 e. The second kappa shape index (κ2) is 13.7. The second-order valence-electron chi connectivity index (χ2n) is 8.78. The minimum absolute atomic E-state index is 0.0267. The van der Waals surface area contributed by atoms with Crippen molar-refractivity contribution < 1.29 is 22.7 Å². The molecule has 0 fully saturated rings. The Morgan fingerprint density at radius 1 is 0.974 bits per heavy atom. The van der Waals surface area contributed by atoms with E-state index in [2.05, 4.69) is 5.32 Å². The molecule has 0 saturated heterocycles. The van der Waals surface area contributed by atoms with Crippen molar-refractivity contribution in [2.45, 2.75) is 37.8 Å². The van der Waals surface area contributed by atoms with Gasteiger partial charge in [-0.05, 0) is 79.6 Å². The molecule has 0 heterocycles. The molecule has 3 aromatic rings. The van der Waals surface area contributed by atoms with Gasteiger partial charge in [-0.15, -0.1) is 0 Å². The Labute approximate surface area is 239 Å². The van der Waals surface area contributed by atoms with Crippen LogP contribution in [0.1, 0.15) is 25.8 Å².